The summed E-state index contributed by atoms with van der Waals surface area (Å²) in [6.07, 6.45) is 1.12. The summed E-state index contributed by atoms with van der Waals surface area (Å²) >= 11 is 4.58. The summed E-state index contributed by atoms with van der Waals surface area (Å²) in [5.41, 5.74) is 0. The Bertz CT molecular complexity index is 616. The highest BCUT2D eigenvalue weighted by Crippen LogP contribution is 2.23. The van der Waals surface area contributed by atoms with Gasteiger partial charge >= 0.3 is 5.97 Å². The van der Waals surface area contributed by atoms with Gasteiger partial charge in [0.05, 0.1) is 8.66 Å². The summed E-state index contributed by atoms with van der Waals surface area (Å²) in [4.78, 5) is 38.2. The van der Waals surface area contributed by atoms with Gasteiger partial charge in [-0.15, -0.1) is 11.3 Å². The lowest BCUT2D eigenvalue weighted by atomic mass is 10.0. The van der Waals surface area contributed by atoms with E-state index in [0.29, 0.717) is 24.3 Å². The van der Waals surface area contributed by atoms with Crippen LogP contribution in [0.5, 0.6) is 0 Å². The van der Waals surface area contributed by atoms with Crippen LogP contribution in [0.2, 0.25) is 0 Å². The van der Waals surface area contributed by atoms with Crippen LogP contribution in [0.1, 0.15) is 36.4 Å². The topological polar surface area (TPSA) is 86.7 Å². The molecule has 2 N–H and O–H groups in total. The molecule has 0 radical (unpaired) electrons. The average molecular weight is 403 g/mol. The minimum atomic E-state index is -0.994. The van der Waals surface area contributed by atoms with Crippen LogP contribution in [-0.4, -0.2) is 46.4 Å². The van der Waals surface area contributed by atoms with Crippen LogP contribution < -0.4 is 5.32 Å². The molecule has 1 aliphatic rings. The van der Waals surface area contributed by atoms with Crippen molar-refractivity contribution in [3.8, 4) is 0 Å². The molecule has 0 bridgehead atoms. The summed E-state index contributed by atoms with van der Waals surface area (Å²) in [5, 5.41) is 12.0. The fourth-order valence-electron chi connectivity index (χ4n) is 2.63. The maximum Gasteiger partial charge on any atom is 0.326 e. The van der Waals surface area contributed by atoms with Gasteiger partial charge in [0.1, 0.15) is 12.1 Å². The standard InChI is InChI=1S/C15H19BrN2O4S/c1-8(2)12(17-13(19)10-5-6-11(16)23-10)14(20)18-7-3-4-9(18)15(21)22/h5-6,8-9,12H,3-4,7H2,1-2H3,(H,17,19)(H,21,22)/t9-,12?/m0/s1. The fourth-order valence-corrected chi connectivity index (χ4v) is 3.92. The van der Waals surface area contributed by atoms with Crippen LogP contribution in [0.15, 0.2) is 15.9 Å². The third kappa shape index (κ3) is 4.11. The largest absolute Gasteiger partial charge is 0.480 e. The van der Waals surface area contributed by atoms with Gasteiger partial charge in [-0.05, 0) is 46.8 Å². The molecule has 0 saturated carbocycles. The SMILES string of the molecule is CC(C)C(NC(=O)c1ccc(Br)s1)C(=O)N1CCC[C@H]1C(=O)O. The van der Waals surface area contributed by atoms with Crippen molar-refractivity contribution in [2.45, 2.75) is 38.8 Å². The number of rotatable bonds is 5. The first kappa shape index (κ1) is 17.9. The molecule has 2 amide bonds. The van der Waals surface area contributed by atoms with E-state index in [1.54, 1.807) is 12.1 Å². The molecular formula is C15H19BrN2O4S. The van der Waals surface area contributed by atoms with E-state index in [1.165, 1.54) is 16.2 Å². The van der Waals surface area contributed by atoms with Crippen molar-refractivity contribution in [1.29, 1.82) is 0 Å². The van der Waals surface area contributed by atoms with Crippen LogP contribution in [0.4, 0.5) is 0 Å². The lowest BCUT2D eigenvalue weighted by Gasteiger charge is -2.29. The molecule has 1 unspecified atom stereocenters. The molecule has 1 aromatic rings. The Morgan fingerprint density at radius 2 is 2.09 bits per heavy atom. The minimum absolute atomic E-state index is 0.134. The van der Waals surface area contributed by atoms with E-state index in [0.717, 1.165) is 3.79 Å². The summed E-state index contributed by atoms with van der Waals surface area (Å²) in [7, 11) is 0. The second-order valence-electron chi connectivity index (χ2n) is 5.83. The predicted molar refractivity (Wildman–Crippen MR) is 90.5 cm³/mol. The highest BCUT2D eigenvalue weighted by molar-refractivity contribution is 9.11. The molecule has 2 heterocycles. The lowest BCUT2D eigenvalue weighted by Crippen LogP contribution is -2.53. The van der Waals surface area contributed by atoms with E-state index < -0.39 is 18.1 Å². The Kier molecular flexibility index (Phi) is 5.80. The number of nitrogens with zero attached hydrogens (tertiary/aromatic N) is 1. The van der Waals surface area contributed by atoms with E-state index in [-0.39, 0.29) is 17.7 Å². The van der Waals surface area contributed by atoms with E-state index in [1.807, 2.05) is 13.8 Å². The molecule has 0 aromatic carbocycles. The number of carbonyl (C=O) groups excluding carboxylic acids is 2. The van der Waals surface area contributed by atoms with Gasteiger partial charge in [0, 0.05) is 6.54 Å². The van der Waals surface area contributed by atoms with Gasteiger partial charge in [-0.1, -0.05) is 13.8 Å². The molecule has 1 aliphatic heterocycles. The van der Waals surface area contributed by atoms with Crippen molar-refractivity contribution in [3.63, 3.8) is 0 Å². The summed E-state index contributed by atoms with van der Waals surface area (Å²) in [5.74, 6) is -1.77. The van der Waals surface area contributed by atoms with Gasteiger partial charge < -0.3 is 15.3 Å². The lowest BCUT2D eigenvalue weighted by molar-refractivity contribution is -0.149. The third-order valence-electron chi connectivity index (χ3n) is 3.84. The molecule has 2 rings (SSSR count). The number of carboxylic acid groups (broad SMARTS) is 1. The van der Waals surface area contributed by atoms with Crippen LogP contribution >= 0.6 is 27.3 Å². The van der Waals surface area contributed by atoms with Crippen molar-refractivity contribution in [2.24, 2.45) is 5.92 Å². The zero-order valence-electron chi connectivity index (χ0n) is 12.9. The normalized spacial score (nSPS) is 19.0. The van der Waals surface area contributed by atoms with Gasteiger partial charge in [0.25, 0.3) is 5.91 Å². The Labute approximate surface area is 147 Å². The van der Waals surface area contributed by atoms with E-state index >= 15 is 0 Å². The first-order valence-corrected chi connectivity index (χ1v) is 9.01. The third-order valence-corrected chi connectivity index (χ3v) is 5.46. The summed E-state index contributed by atoms with van der Waals surface area (Å²) in [6.45, 7) is 4.08. The number of aliphatic carboxylic acids is 1. The Morgan fingerprint density at radius 3 is 2.61 bits per heavy atom. The van der Waals surface area contributed by atoms with Crippen LogP contribution in [0.25, 0.3) is 0 Å². The maximum absolute atomic E-state index is 12.7. The first-order valence-electron chi connectivity index (χ1n) is 7.40. The summed E-state index contributed by atoms with van der Waals surface area (Å²) in [6, 6.07) is 1.93. The number of carboxylic acids is 1. The number of thiophene rings is 1. The predicted octanol–water partition coefficient (Wildman–Crippen LogP) is 2.34. The van der Waals surface area contributed by atoms with Crippen LogP contribution in [0, 0.1) is 5.92 Å². The highest BCUT2D eigenvalue weighted by atomic mass is 79.9. The minimum Gasteiger partial charge on any atom is -0.480 e. The van der Waals surface area contributed by atoms with Gasteiger partial charge in [-0.25, -0.2) is 4.79 Å². The molecule has 126 valence electrons. The zero-order chi connectivity index (χ0) is 17.1. The molecule has 1 aromatic heterocycles. The second-order valence-corrected chi connectivity index (χ2v) is 8.29. The molecule has 8 heteroatoms. The average Bonchev–Trinajstić information content (AvgIpc) is 3.11. The second kappa shape index (κ2) is 7.44. The molecular weight excluding hydrogens is 384 g/mol. The first-order chi connectivity index (χ1) is 10.8. The highest BCUT2D eigenvalue weighted by Gasteiger charge is 2.38. The van der Waals surface area contributed by atoms with Crippen molar-refractivity contribution in [2.75, 3.05) is 6.54 Å². The number of hydrogen-bond acceptors (Lipinski definition) is 4. The van der Waals surface area contributed by atoms with Crippen molar-refractivity contribution < 1.29 is 19.5 Å². The zero-order valence-corrected chi connectivity index (χ0v) is 15.3. The smallest absolute Gasteiger partial charge is 0.326 e. The van der Waals surface area contributed by atoms with Gasteiger partial charge in [0.15, 0.2) is 0 Å². The molecule has 0 aliphatic carbocycles. The van der Waals surface area contributed by atoms with Gasteiger partial charge in [0.2, 0.25) is 5.91 Å². The van der Waals surface area contributed by atoms with Gasteiger partial charge in [-0.2, -0.15) is 0 Å². The number of amides is 2. The number of halogens is 1. The number of carbonyl (C=O) groups is 3. The Hall–Kier alpha value is -1.41. The molecule has 2 atom stereocenters. The molecule has 6 nitrogen and oxygen atoms in total. The Balaban J connectivity index is 2.13. The van der Waals surface area contributed by atoms with Gasteiger partial charge in [-0.3, -0.25) is 9.59 Å². The summed E-state index contributed by atoms with van der Waals surface area (Å²) < 4.78 is 0.834. The quantitative estimate of drug-likeness (QED) is 0.790. The number of nitrogens with one attached hydrogen (secondary N) is 1. The van der Waals surface area contributed by atoms with E-state index in [9.17, 15) is 19.5 Å². The van der Waals surface area contributed by atoms with Crippen LogP contribution in [0.3, 0.4) is 0 Å². The maximum atomic E-state index is 12.7. The Morgan fingerprint density at radius 1 is 1.39 bits per heavy atom. The molecule has 23 heavy (non-hydrogen) atoms. The van der Waals surface area contributed by atoms with E-state index in [4.69, 9.17) is 0 Å². The number of hydrogen-bond donors (Lipinski definition) is 2. The van der Waals surface area contributed by atoms with Crippen molar-refractivity contribution in [3.05, 3.63) is 20.8 Å². The van der Waals surface area contributed by atoms with Crippen molar-refractivity contribution in [1.82, 2.24) is 10.2 Å². The van der Waals surface area contributed by atoms with Crippen molar-refractivity contribution >= 4 is 45.1 Å². The molecule has 1 fully saturated rings. The fraction of sp³-hybridized carbons (Fsp3) is 0.533. The monoisotopic (exact) mass is 402 g/mol. The van der Waals surface area contributed by atoms with E-state index in [2.05, 4.69) is 21.2 Å². The van der Waals surface area contributed by atoms with Crippen LogP contribution in [-0.2, 0) is 9.59 Å². The molecule has 0 spiro atoms. The number of likely N-dealkylation sites (tertiary alicyclic amines) is 1. The molecule has 1 saturated heterocycles.